The molecule has 1 aliphatic heterocycles. The fourth-order valence-electron chi connectivity index (χ4n) is 1.80. The number of carboxylic acids is 1. The first kappa shape index (κ1) is 12.8. The fourth-order valence-corrected chi connectivity index (χ4v) is 1.80. The van der Waals surface area contributed by atoms with E-state index < -0.39 is 5.97 Å². The molecule has 16 heavy (non-hydrogen) atoms. The summed E-state index contributed by atoms with van der Waals surface area (Å²) in [5.74, 6) is -0.711. The monoisotopic (exact) mass is 230 g/mol. The summed E-state index contributed by atoms with van der Waals surface area (Å²) in [5.41, 5.74) is 0. The number of carbonyl (C=O) groups excluding carboxylic acids is 1. The van der Waals surface area contributed by atoms with E-state index in [1.807, 2.05) is 0 Å². The molecule has 6 heteroatoms. The van der Waals surface area contributed by atoms with Crippen molar-refractivity contribution in [1.82, 2.24) is 10.2 Å². The number of hydrogen-bond acceptors (Lipinski definition) is 3. The molecule has 1 unspecified atom stereocenters. The van der Waals surface area contributed by atoms with Crippen LogP contribution < -0.4 is 5.32 Å². The Kier molecular flexibility index (Phi) is 5.04. The molecule has 1 fully saturated rings. The maximum Gasteiger partial charge on any atom is 0.317 e. The van der Waals surface area contributed by atoms with Gasteiger partial charge in [-0.2, -0.15) is 0 Å². The Balaban J connectivity index is 2.24. The molecule has 1 saturated heterocycles. The van der Waals surface area contributed by atoms with Gasteiger partial charge in [-0.1, -0.05) is 0 Å². The van der Waals surface area contributed by atoms with Crippen LogP contribution in [0.2, 0.25) is 0 Å². The van der Waals surface area contributed by atoms with Crippen LogP contribution in [0.4, 0.5) is 4.79 Å². The van der Waals surface area contributed by atoms with Crippen molar-refractivity contribution in [2.24, 2.45) is 5.92 Å². The zero-order valence-electron chi connectivity index (χ0n) is 9.44. The van der Waals surface area contributed by atoms with Gasteiger partial charge in [0, 0.05) is 33.2 Å². The minimum absolute atomic E-state index is 0.0886. The molecule has 0 aromatic carbocycles. The van der Waals surface area contributed by atoms with Gasteiger partial charge in [-0.05, 0) is 12.3 Å². The number of carboxylic acid groups (broad SMARTS) is 1. The number of likely N-dealkylation sites (tertiary alicyclic amines) is 1. The second-order valence-corrected chi connectivity index (χ2v) is 3.92. The van der Waals surface area contributed by atoms with E-state index in [9.17, 15) is 9.59 Å². The van der Waals surface area contributed by atoms with Gasteiger partial charge in [-0.25, -0.2) is 4.79 Å². The number of aliphatic carboxylic acids is 1. The molecular formula is C10H18N2O4. The minimum Gasteiger partial charge on any atom is -0.481 e. The predicted octanol–water partition coefficient (Wildman–Crippen LogP) is 0.139. The summed E-state index contributed by atoms with van der Waals surface area (Å²) < 4.78 is 4.82. The highest BCUT2D eigenvalue weighted by Gasteiger charge is 2.27. The van der Waals surface area contributed by atoms with Crippen molar-refractivity contribution in [2.75, 3.05) is 33.4 Å². The molecule has 0 saturated carbocycles. The topological polar surface area (TPSA) is 78.9 Å². The van der Waals surface area contributed by atoms with Gasteiger partial charge >= 0.3 is 12.0 Å². The van der Waals surface area contributed by atoms with E-state index in [1.54, 1.807) is 12.0 Å². The normalized spacial score (nSPS) is 19.8. The van der Waals surface area contributed by atoms with Gasteiger partial charge in [0.1, 0.15) is 0 Å². The molecule has 1 aliphatic rings. The second kappa shape index (κ2) is 6.32. The summed E-state index contributed by atoms with van der Waals surface area (Å²) in [4.78, 5) is 23.7. The number of ether oxygens (including phenoxy) is 1. The van der Waals surface area contributed by atoms with E-state index in [-0.39, 0.29) is 18.4 Å². The van der Waals surface area contributed by atoms with Gasteiger partial charge < -0.3 is 20.1 Å². The number of rotatable bonds is 5. The zero-order chi connectivity index (χ0) is 12.0. The smallest absolute Gasteiger partial charge is 0.317 e. The Labute approximate surface area is 94.6 Å². The van der Waals surface area contributed by atoms with Gasteiger partial charge in [0.2, 0.25) is 0 Å². The Bertz CT molecular complexity index is 257. The van der Waals surface area contributed by atoms with Crippen LogP contribution in [0.1, 0.15) is 12.8 Å². The average Bonchev–Trinajstić information content (AvgIpc) is 2.65. The first-order valence-electron chi connectivity index (χ1n) is 5.37. The molecule has 6 nitrogen and oxygen atoms in total. The average molecular weight is 230 g/mol. The van der Waals surface area contributed by atoms with Crippen LogP contribution in [0.25, 0.3) is 0 Å². The van der Waals surface area contributed by atoms with Crippen LogP contribution in [-0.2, 0) is 9.53 Å². The molecule has 0 aromatic heterocycles. The van der Waals surface area contributed by atoms with Crippen molar-refractivity contribution in [3.8, 4) is 0 Å². The maximum atomic E-state index is 11.6. The third-order valence-electron chi connectivity index (χ3n) is 2.62. The highest BCUT2D eigenvalue weighted by atomic mass is 16.5. The number of carbonyl (C=O) groups is 2. The highest BCUT2D eigenvalue weighted by Crippen LogP contribution is 2.19. The van der Waals surface area contributed by atoms with E-state index >= 15 is 0 Å². The number of nitrogens with zero attached hydrogens (tertiary/aromatic N) is 1. The summed E-state index contributed by atoms with van der Waals surface area (Å²) in [6.45, 7) is 2.13. The molecule has 0 spiro atoms. The van der Waals surface area contributed by atoms with Gasteiger partial charge in [-0.15, -0.1) is 0 Å². The van der Waals surface area contributed by atoms with Gasteiger partial charge in [0.15, 0.2) is 0 Å². The standard InChI is InChI=1S/C10H18N2O4/c1-16-5-3-11-10(15)12-4-2-8(7-12)6-9(13)14/h8H,2-7H2,1H3,(H,11,15)(H,13,14). The Morgan fingerprint density at radius 1 is 1.56 bits per heavy atom. The molecule has 0 aliphatic carbocycles. The predicted molar refractivity (Wildman–Crippen MR) is 57.2 cm³/mol. The number of urea groups is 1. The molecule has 0 aromatic rings. The molecule has 1 atom stereocenters. The van der Waals surface area contributed by atoms with Crippen LogP contribution in [0, 0.1) is 5.92 Å². The van der Waals surface area contributed by atoms with Crippen LogP contribution in [0.3, 0.4) is 0 Å². The molecule has 1 heterocycles. The van der Waals surface area contributed by atoms with Crippen LogP contribution in [0.5, 0.6) is 0 Å². The number of amides is 2. The molecule has 0 bridgehead atoms. The van der Waals surface area contributed by atoms with Crippen molar-refractivity contribution in [3.05, 3.63) is 0 Å². The van der Waals surface area contributed by atoms with Crippen molar-refractivity contribution in [2.45, 2.75) is 12.8 Å². The molecular weight excluding hydrogens is 212 g/mol. The van der Waals surface area contributed by atoms with Crippen LogP contribution in [0.15, 0.2) is 0 Å². The quantitative estimate of drug-likeness (QED) is 0.658. The first-order valence-corrected chi connectivity index (χ1v) is 5.37. The lowest BCUT2D eigenvalue weighted by atomic mass is 10.1. The van der Waals surface area contributed by atoms with Crippen LogP contribution >= 0.6 is 0 Å². The SMILES string of the molecule is COCCNC(=O)N1CCC(CC(=O)O)C1. The second-order valence-electron chi connectivity index (χ2n) is 3.92. The summed E-state index contributed by atoms with van der Waals surface area (Å²) in [6.07, 6.45) is 0.909. The molecule has 2 N–H and O–H groups in total. The van der Waals surface area contributed by atoms with Crippen LogP contribution in [-0.4, -0.2) is 55.4 Å². The first-order chi connectivity index (χ1) is 7.63. The number of hydrogen-bond donors (Lipinski definition) is 2. The summed E-state index contributed by atoms with van der Waals surface area (Å²) in [6, 6.07) is -0.134. The Hall–Kier alpha value is -1.30. The summed E-state index contributed by atoms with van der Waals surface area (Å²) in [5, 5.41) is 11.4. The zero-order valence-corrected chi connectivity index (χ0v) is 9.44. The lowest BCUT2D eigenvalue weighted by molar-refractivity contribution is -0.138. The minimum atomic E-state index is -0.799. The van der Waals surface area contributed by atoms with E-state index in [1.165, 1.54) is 0 Å². The van der Waals surface area contributed by atoms with Gasteiger partial charge in [0.05, 0.1) is 6.61 Å². The van der Waals surface area contributed by atoms with Crippen molar-refractivity contribution in [1.29, 1.82) is 0 Å². The molecule has 1 rings (SSSR count). The van der Waals surface area contributed by atoms with E-state index in [0.29, 0.717) is 26.2 Å². The number of methoxy groups -OCH3 is 1. The van der Waals surface area contributed by atoms with E-state index in [4.69, 9.17) is 9.84 Å². The third kappa shape index (κ3) is 4.06. The van der Waals surface area contributed by atoms with Crippen molar-refractivity contribution < 1.29 is 19.4 Å². The largest absolute Gasteiger partial charge is 0.481 e. The molecule has 2 amide bonds. The molecule has 0 radical (unpaired) electrons. The molecule has 92 valence electrons. The van der Waals surface area contributed by atoms with Crippen molar-refractivity contribution >= 4 is 12.0 Å². The van der Waals surface area contributed by atoms with Gasteiger partial charge in [0.25, 0.3) is 0 Å². The highest BCUT2D eigenvalue weighted by molar-refractivity contribution is 5.74. The summed E-state index contributed by atoms with van der Waals surface area (Å²) in [7, 11) is 1.57. The summed E-state index contributed by atoms with van der Waals surface area (Å²) >= 11 is 0. The van der Waals surface area contributed by atoms with E-state index in [2.05, 4.69) is 5.32 Å². The number of nitrogens with one attached hydrogen (secondary N) is 1. The maximum absolute atomic E-state index is 11.6. The third-order valence-corrected chi connectivity index (χ3v) is 2.62. The van der Waals surface area contributed by atoms with Gasteiger partial charge in [-0.3, -0.25) is 4.79 Å². The van der Waals surface area contributed by atoms with Crippen molar-refractivity contribution in [3.63, 3.8) is 0 Å². The Morgan fingerprint density at radius 3 is 2.94 bits per heavy atom. The fraction of sp³-hybridized carbons (Fsp3) is 0.800. The Morgan fingerprint density at radius 2 is 2.31 bits per heavy atom. The lowest BCUT2D eigenvalue weighted by Crippen LogP contribution is -2.39. The lowest BCUT2D eigenvalue weighted by Gasteiger charge is -2.16. The van der Waals surface area contributed by atoms with E-state index in [0.717, 1.165) is 6.42 Å².